The summed E-state index contributed by atoms with van der Waals surface area (Å²) in [5.41, 5.74) is -1.72. The highest BCUT2D eigenvalue weighted by Crippen LogP contribution is 2.38. The van der Waals surface area contributed by atoms with Gasteiger partial charge in [-0.15, -0.1) is 5.10 Å². The first kappa shape index (κ1) is 31.3. The van der Waals surface area contributed by atoms with E-state index in [1.54, 1.807) is 13.2 Å². The predicted octanol–water partition coefficient (Wildman–Crippen LogP) is 3.09. The van der Waals surface area contributed by atoms with Crippen molar-refractivity contribution < 1.29 is 31.8 Å². The highest BCUT2D eigenvalue weighted by atomic mass is 32.2. The van der Waals surface area contributed by atoms with Gasteiger partial charge in [-0.1, -0.05) is 13.8 Å². The molecule has 4 heterocycles. The van der Waals surface area contributed by atoms with E-state index in [0.29, 0.717) is 13.0 Å². The Kier molecular flexibility index (Phi) is 8.15. The molecule has 1 unspecified atom stereocenters. The van der Waals surface area contributed by atoms with Crippen molar-refractivity contribution in [1.29, 1.82) is 0 Å². The van der Waals surface area contributed by atoms with Gasteiger partial charge in [0.25, 0.3) is 21.9 Å². The zero-order valence-electron chi connectivity index (χ0n) is 24.7. The van der Waals surface area contributed by atoms with Gasteiger partial charge in [-0.05, 0) is 39.3 Å². The highest BCUT2D eigenvalue weighted by molar-refractivity contribution is 7.90. The number of aryl methyl sites for hydroxylation is 2. The largest absolute Gasteiger partial charge is 0.476 e. The van der Waals surface area contributed by atoms with E-state index in [0.717, 1.165) is 6.92 Å². The highest BCUT2D eigenvalue weighted by Gasteiger charge is 2.43. The zero-order chi connectivity index (χ0) is 31.3. The van der Waals surface area contributed by atoms with Crippen molar-refractivity contribution in [2.45, 2.75) is 64.3 Å². The average Bonchev–Trinajstić information content (AvgIpc) is 3.57. The summed E-state index contributed by atoms with van der Waals surface area (Å²) in [6.07, 6.45) is 3.46. The molecular weight excluding hydrogens is 572 g/mol. The van der Waals surface area contributed by atoms with Gasteiger partial charge in [0, 0.05) is 57.0 Å². The number of sulfonamides is 1. The molecule has 4 rings (SSSR count). The lowest BCUT2D eigenvalue weighted by atomic mass is 9.88. The molecule has 1 amide bonds. The second-order valence-corrected chi connectivity index (χ2v) is 13.7. The van der Waals surface area contributed by atoms with Gasteiger partial charge in [-0.3, -0.25) is 9.48 Å². The molecule has 0 spiro atoms. The Morgan fingerprint density at radius 2 is 1.90 bits per heavy atom. The maximum Gasteiger partial charge on any atom is 0.268 e. The van der Waals surface area contributed by atoms with Crippen LogP contribution in [-0.4, -0.2) is 75.2 Å². The minimum Gasteiger partial charge on any atom is -0.476 e. The molecule has 0 aromatic carbocycles. The molecule has 0 bridgehead atoms. The Labute approximate surface area is 243 Å². The minimum absolute atomic E-state index is 0.00564. The molecule has 42 heavy (non-hydrogen) atoms. The molecule has 0 aliphatic carbocycles. The second-order valence-electron chi connectivity index (χ2n) is 12.1. The van der Waals surface area contributed by atoms with Crippen LogP contribution in [0.4, 0.5) is 14.6 Å². The molecule has 3 aromatic rings. The van der Waals surface area contributed by atoms with Crippen molar-refractivity contribution in [2.24, 2.45) is 18.4 Å². The maximum absolute atomic E-state index is 13.9. The van der Waals surface area contributed by atoms with E-state index in [1.807, 2.05) is 18.7 Å². The minimum atomic E-state index is -4.25. The van der Waals surface area contributed by atoms with Crippen molar-refractivity contribution in [1.82, 2.24) is 29.3 Å². The Balaban J connectivity index is 1.69. The fourth-order valence-electron chi connectivity index (χ4n) is 4.80. The number of pyridine rings is 1. The number of anilines is 1. The number of aromatic nitrogens is 5. The summed E-state index contributed by atoms with van der Waals surface area (Å²) in [7, 11) is -2.67. The van der Waals surface area contributed by atoms with Gasteiger partial charge in [0.2, 0.25) is 5.88 Å². The summed E-state index contributed by atoms with van der Waals surface area (Å²) in [5.74, 6) is -3.35. The molecule has 1 fully saturated rings. The Bertz CT molecular complexity index is 1580. The molecule has 1 aliphatic rings. The van der Waals surface area contributed by atoms with Crippen LogP contribution >= 0.6 is 0 Å². The Morgan fingerprint density at radius 1 is 1.21 bits per heavy atom. The van der Waals surface area contributed by atoms with Gasteiger partial charge < -0.3 is 14.7 Å². The summed E-state index contributed by atoms with van der Waals surface area (Å²) in [6, 6.07) is 4.45. The summed E-state index contributed by atoms with van der Waals surface area (Å²) in [5, 5.41) is 18.2. The van der Waals surface area contributed by atoms with Gasteiger partial charge in [-0.25, -0.2) is 31.6 Å². The first-order valence-electron chi connectivity index (χ1n) is 13.4. The number of alkyl halides is 2. The van der Waals surface area contributed by atoms with E-state index in [4.69, 9.17) is 9.72 Å². The lowest BCUT2D eigenvalue weighted by Gasteiger charge is -2.34. The quantitative estimate of drug-likeness (QED) is 0.354. The van der Waals surface area contributed by atoms with Gasteiger partial charge in [0.1, 0.15) is 17.3 Å². The van der Waals surface area contributed by atoms with E-state index < -0.39 is 32.8 Å². The normalized spacial score (nSPS) is 17.5. The molecule has 230 valence electrons. The van der Waals surface area contributed by atoms with Crippen LogP contribution in [0.15, 0.2) is 35.5 Å². The molecule has 12 nitrogen and oxygen atoms in total. The van der Waals surface area contributed by atoms with E-state index in [1.165, 1.54) is 54.5 Å². The number of amides is 1. The molecule has 2 N–H and O–H groups in total. The number of hydrogen-bond donors (Lipinski definition) is 2. The maximum atomic E-state index is 13.9. The van der Waals surface area contributed by atoms with Crippen LogP contribution in [0.2, 0.25) is 0 Å². The zero-order valence-corrected chi connectivity index (χ0v) is 25.5. The van der Waals surface area contributed by atoms with Crippen molar-refractivity contribution in [3.8, 4) is 11.7 Å². The second kappa shape index (κ2) is 10.9. The molecule has 1 aliphatic heterocycles. The van der Waals surface area contributed by atoms with E-state index in [-0.39, 0.29) is 52.8 Å². The number of nitrogens with zero attached hydrogens (tertiary/aromatic N) is 6. The first-order chi connectivity index (χ1) is 19.3. The molecule has 3 aromatic heterocycles. The number of ether oxygens (including phenoxy) is 1. The summed E-state index contributed by atoms with van der Waals surface area (Å²) in [6.45, 7) is 9.08. The van der Waals surface area contributed by atoms with E-state index in [2.05, 4.69) is 14.9 Å². The van der Waals surface area contributed by atoms with Crippen LogP contribution < -0.4 is 14.4 Å². The van der Waals surface area contributed by atoms with Crippen molar-refractivity contribution >= 4 is 21.7 Å². The van der Waals surface area contributed by atoms with Crippen molar-refractivity contribution in [2.75, 3.05) is 24.7 Å². The van der Waals surface area contributed by atoms with Gasteiger partial charge in [-0.2, -0.15) is 5.10 Å². The Hall–Kier alpha value is -3.59. The molecule has 1 saturated heterocycles. The van der Waals surface area contributed by atoms with Crippen LogP contribution in [0.3, 0.4) is 0 Å². The lowest BCUT2D eigenvalue weighted by Crippen LogP contribution is -2.41. The number of rotatable bonds is 10. The van der Waals surface area contributed by atoms with Crippen molar-refractivity contribution in [3.05, 3.63) is 41.9 Å². The van der Waals surface area contributed by atoms with Gasteiger partial charge in [0.05, 0.1) is 16.7 Å². The molecule has 0 radical (unpaired) electrons. The summed E-state index contributed by atoms with van der Waals surface area (Å²) >= 11 is 0. The molecule has 15 heteroatoms. The lowest BCUT2D eigenvalue weighted by molar-refractivity contribution is -0.106. The number of halogens is 2. The van der Waals surface area contributed by atoms with Crippen LogP contribution in [0.1, 0.15) is 57.1 Å². The van der Waals surface area contributed by atoms with E-state index >= 15 is 0 Å². The van der Waals surface area contributed by atoms with E-state index in [9.17, 15) is 27.1 Å². The van der Waals surface area contributed by atoms with Gasteiger partial charge >= 0.3 is 0 Å². The standard InChI is InChI=1S/C27H37F2N7O5S/c1-17-20(14-34(7)31-17)42(39,40)33-24(38)19-8-9-21(30-23(19)35-13-18(15-37)12-26(35,4)5)36-11-10-22(32-36)41-16-25(2,3)27(6,28)29/h8-11,14,18,37H,12-13,15-16H2,1-7H3,(H,33,38). The fourth-order valence-corrected chi connectivity index (χ4v) is 5.98. The number of carbonyl (C=O) groups excluding carboxylic acids is 1. The summed E-state index contributed by atoms with van der Waals surface area (Å²) in [4.78, 5) is 19.9. The smallest absolute Gasteiger partial charge is 0.268 e. The van der Waals surface area contributed by atoms with Crippen LogP contribution in [0.5, 0.6) is 5.88 Å². The number of carbonyl (C=O) groups is 1. The third kappa shape index (κ3) is 6.26. The number of hydrogen-bond acceptors (Lipinski definition) is 9. The summed E-state index contributed by atoms with van der Waals surface area (Å²) < 4.78 is 64.3. The monoisotopic (exact) mass is 609 g/mol. The van der Waals surface area contributed by atoms with Crippen LogP contribution in [-0.2, 0) is 17.1 Å². The number of aliphatic hydroxyl groups excluding tert-OH is 1. The predicted molar refractivity (Wildman–Crippen MR) is 150 cm³/mol. The molecule has 0 saturated carbocycles. The molecular formula is C27H37F2N7O5S. The topological polar surface area (TPSA) is 144 Å². The first-order valence-corrected chi connectivity index (χ1v) is 14.9. The number of aliphatic hydroxyl groups is 1. The Morgan fingerprint density at radius 3 is 2.48 bits per heavy atom. The fraction of sp³-hybridized carbons (Fsp3) is 0.556. The van der Waals surface area contributed by atoms with Gasteiger partial charge in [0.15, 0.2) is 5.82 Å². The number of nitrogens with one attached hydrogen (secondary N) is 1. The third-order valence-electron chi connectivity index (χ3n) is 7.63. The molecule has 1 atom stereocenters. The SMILES string of the molecule is Cc1nn(C)cc1S(=O)(=O)NC(=O)c1ccc(-n2ccc(OCC(C)(C)C(C)(F)F)n2)nc1N1CC(CO)CC1(C)C. The third-order valence-corrected chi connectivity index (χ3v) is 9.07. The average molecular weight is 610 g/mol. The van der Waals surface area contributed by atoms with Crippen molar-refractivity contribution in [3.63, 3.8) is 0 Å². The van der Waals surface area contributed by atoms with Crippen LogP contribution in [0, 0.1) is 18.3 Å². The van der Waals surface area contributed by atoms with Crippen LogP contribution in [0.25, 0.3) is 5.82 Å².